The fraction of sp³-hybridized carbons (Fsp3) is 0.133. The number of methoxy groups -OCH3 is 1. The van der Waals surface area contributed by atoms with Crippen LogP contribution in [0.2, 0.25) is 0 Å². The zero-order valence-corrected chi connectivity index (χ0v) is 11.9. The van der Waals surface area contributed by atoms with E-state index in [0.717, 1.165) is 4.68 Å². The van der Waals surface area contributed by atoms with Gasteiger partial charge in [-0.05, 0) is 36.4 Å². The number of carbonyl (C=O) groups excluding carboxylic acids is 1. The molecule has 0 aliphatic rings. The van der Waals surface area contributed by atoms with Crippen LogP contribution in [0.1, 0.15) is 0 Å². The first-order chi connectivity index (χ1) is 10.7. The second-order valence-electron chi connectivity index (χ2n) is 4.65. The van der Waals surface area contributed by atoms with E-state index < -0.39 is 0 Å². The Kier molecular flexibility index (Phi) is 3.61. The van der Waals surface area contributed by atoms with Crippen molar-refractivity contribution in [1.29, 1.82) is 0 Å². The van der Waals surface area contributed by atoms with Crippen molar-refractivity contribution in [3.8, 4) is 5.75 Å². The van der Waals surface area contributed by atoms with Gasteiger partial charge in [-0.15, -0.1) is 5.10 Å². The van der Waals surface area contributed by atoms with E-state index in [1.807, 2.05) is 0 Å². The number of fused-ring (bicyclic) bond motifs is 1. The Hall–Kier alpha value is -3.09. The number of hydrogen-bond acceptors (Lipinski definition) is 4. The molecule has 7 nitrogen and oxygen atoms in total. The third kappa shape index (κ3) is 2.69. The number of rotatable bonds is 4. The number of pyridine rings is 1. The van der Waals surface area contributed by atoms with Crippen molar-refractivity contribution in [2.24, 2.45) is 0 Å². The minimum atomic E-state index is -0.347. The Morgan fingerprint density at radius 3 is 2.68 bits per heavy atom. The van der Waals surface area contributed by atoms with E-state index in [1.165, 1.54) is 4.40 Å². The number of aromatic nitrogens is 3. The van der Waals surface area contributed by atoms with Crippen LogP contribution < -0.4 is 15.7 Å². The van der Waals surface area contributed by atoms with Crippen molar-refractivity contribution < 1.29 is 9.53 Å². The van der Waals surface area contributed by atoms with Gasteiger partial charge >= 0.3 is 5.69 Å². The van der Waals surface area contributed by atoms with Crippen LogP contribution in [-0.4, -0.2) is 27.2 Å². The molecule has 1 N–H and O–H groups in total. The highest BCUT2D eigenvalue weighted by atomic mass is 16.5. The molecule has 0 saturated carbocycles. The molecule has 3 rings (SSSR count). The average molecular weight is 298 g/mol. The first kappa shape index (κ1) is 13.9. The Labute approximate surface area is 125 Å². The quantitative estimate of drug-likeness (QED) is 0.783. The van der Waals surface area contributed by atoms with E-state index in [4.69, 9.17) is 4.74 Å². The van der Waals surface area contributed by atoms with Crippen molar-refractivity contribution in [3.05, 3.63) is 59.1 Å². The Balaban J connectivity index is 1.75. The predicted molar refractivity (Wildman–Crippen MR) is 81.1 cm³/mol. The summed E-state index contributed by atoms with van der Waals surface area (Å²) in [6, 6.07) is 12.2. The standard InChI is InChI=1S/C15H14N4O3/c1-22-12-7-5-11(6-8-12)16-14(20)10-19-15(21)18-9-3-2-4-13(18)17-19/h2-9H,10H2,1H3,(H,16,20). The second-order valence-corrected chi connectivity index (χ2v) is 4.65. The van der Waals surface area contributed by atoms with Crippen molar-refractivity contribution >= 4 is 17.2 Å². The summed E-state index contributed by atoms with van der Waals surface area (Å²) in [6.45, 7) is -0.146. The normalized spacial score (nSPS) is 10.6. The molecule has 7 heteroatoms. The molecule has 0 aliphatic heterocycles. The fourth-order valence-electron chi connectivity index (χ4n) is 2.08. The summed E-state index contributed by atoms with van der Waals surface area (Å²) in [5.41, 5.74) is 0.785. The van der Waals surface area contributed by atoms with Gasteiger partial charge in [0.2, 0.25) is 5.91 Å². The van der Waals surface area contributed by atoms with Gasteiger partial charge < -0.3 is 10.1 Å². The summed E-state index contributed by atoms with van der Waals surface area (Å²) in [6.07, 6.45) is 1.61. The summed E-state index contributed by atoms with van der Waals surface area (Å²) >= 11 is 0. The van der Waals surface area contributed by atoms with E-state index in [9.17, 15) is 9.59 Å². The van der Waals surface area contributed by atoms with Gasteiger partial charge in [0.15, 0.2) is 5.65 Å². The molecule has 2 aromatic heterocycles. The number of anilines is 1. The maximum atomic E-state index is 12.1. The largest absolute Gasteiger partial charge is 0.497 e. The van der Waals surface area contributed by atoms with Gasteiger partial charge in [0, 0.05) is 11.9 Å². The highest BCUT2D eigenvalue weighted by Gasteiger charge is 2.10. The van der Waals surface area contributed by atoms with Crippen molar-refractivity contribution in [3.63, 3.8) is 0 Å². The molecular formula is C15H14N4O3. The number of nitrogens with one attached hydrogen (secondary N) is 1. The number of nitrogens with zero attached hydrogens (tertiary/aromatic N) is 3. The van der Waals surface area contributed by atoms with E-state index in [-0.39, 0.29) is 18.1 Å². The number of hydrogen-bond donors (Lipinski definition) is 1. The molecule has 0 spiro atoms. The molecule has 1 aromatic carbocycles. The minimum Gasteiger partial charge on any atom is -0.497 e. The summed E-state index contributed by atoms with van der Waals surface area (Å²) in [4.78, 5) is 24.1. The molecule has 0 atom stereocenters. The maximum absolute atomic E-state index is 12.1. The van der Waals surface area contributed by atoms with Crippen LogP contribution >= 0.6 is 0 Å². The summed E-state index contributed by atoms with van der Waals surface area (Å²) in [5, 5.41) is 6.82. The van der Waals surface area contributed by atoms with E-state index >= 15 is 0 Å². The second kappa shape index (κ2) is 5.72. The van der Waals surface area contributed by atoms with Gasteiger partial charge in [-0.1, -0.05) is 6.07 Å². The molecule has 22 heavy (non-hydrogen) atoms. The van der Waals surface area contributed by atoms with Crippen LogP contribution in [0.15, 0.2) is 53.5 Å². The lowest BCUT2D eigenvalue weighted by Crippen LogP contribution is -2.28. The van der Waals surface area contributed by atoms with Gasteiger partial charge in [0.05, 0.1) is 7.11 Å². The van der Waals surface area contributed by atoms with Crippen LogP contribution in [0, 0.1) is 0 Å². The number of benzene rings is 1. The molecule has 0 bridgehead atoms. The first-order valence-electron chi connectivity index (χ1n) is 6.65. The van der Waals surface area contributed by atoms with Crippen LogP contribution in [0.25, 0.3) is 5.65 Å². The van der Waals surface area contributed by atoms with Crippen molar-refractivity contribution in [2.45, 2.75) is 6.54 Å². The lowest BCUT2D eigenvalue weighted by Gasteiger charge is -2.05. The summed E-state index contributed by atoms with van der Waals surface area (Å²) in [5.74, 6) is 0.380. The lowest BCUT2D eigenvalue weighted by molar-refractivity contribution is -0.117. The van der Waals surface area contributed by atoms with Gasteiger partial charge in [-0.3, -0.25) is 9.20 Å². The maximum Gasteiger partial charge on any atom is 0.350 e. The average Bonchev–Trinajstić information content (AvgIpc) is 2.84. The lowest BCUT2D eigenvalue weighted by atomic mass is 10.3. The third-order valence-electron chi connectivity index (χ3n) is 3.16. The van der Waals surface area contributed by atoms with Crippen molar-refractivity contribution in [1.82, 2.24) is 14.2 Å². The smallest absolute Gasteiger partial charge is 0.350 e. The van der Waals surface area contributed by atoms with E-state index in [0.29, 0.717) is 17.1 Å². The van der Waals surface area contributed by atoms with Crippen LogP contribution in [-0.2, 0) is 11.3 Å². The number of carbonyl (C=O) groups is 1. The molecule has 2 heterocycles. The Bertz CT molecular complexity index is 864. The van der Waals surface area contributed by atoms with Crippen LogP contribution in [0.3, 0.4) is 0 Å². The number of ether oxygens (including phenoxy) is 1. The van der Waals surface area contributed by atoms with Crippen molar-refractivity contribution in [2.75, 3.05) is 12.4 Å². The first-order valence-corrected chi connectivity index (χ1v) is 6.65. The Morgan fingerprint density at radius 2 is 2.00 bits per heavy atom. The van der Waals surface area contributed by atoms with Gasteiger partial charge in [-0.2, -0.15) is 0 Å². The zero-order valence-electron chi connectivity index (χ0n) is 11.9. The SMILES string of the molecule is COc1ccc(NC(=O)Cn2nc3ccccn3c2=O)cc1. The monoisotopic (exact) mass is 298 g/mol. The molecule has 0 fully saturated rings. The highest BCUT2D eigenvalue weighted by molar-refractivity contribution is 5.90. The molecule has 0 aliphatic carbocycles. The minimum absolute atomic E-state index is 0.146. The van der Waals surface area contributed by atoms with E-state index in [1.54, 1.807) is 55.8 Å². The topological polar surface area (TPSA) is 77.6 Å². The van der Waals surface area contributed by atoms with Crippen LogP contribution in [0.4, 0.5) is 5.69 Å². The summed E-state index contributed by atoms with van der Waals surface area (Å²) < 4.78 is 7.57. The molecule has 3 aromatic rings. The van der Waals surface area contributed by atoms with Gasteiger partial charge in [0.25, 0.3) is 0 Å². The molecule has 1 amide bonds. The zero-order chi connectivity index (χ0) is 15.5. The number of amides is 1. The highest BCUT2D eigenvalue weighted by Crippen LogP contribution is 2.14. The third-order valence-corrected chi connectivity index (χ3v) is 3.16. The molecule has 0 saturated heterocycles. The van der Waals surface area contributed by atoms with Gasteiger partial charge in [0.1, 0.15) is 12.3 Å². The predicted octanol–water partition coefficient (Wildman–Crippen LogP) is 1.14. The fourth-order valence-corrected chi connectivity index (χ4v) is 2.08. The Morgan fingerprint density at radius 1 is 1.23 bits per heavy atom. The molecular weight excluding hydrogens is 284 g/mol. The molecule has 0 unspecified atom stereocenters. The van der Waals surface area contributed by atoms with E-state index in [2.05, 4.69) is 10.4 Å². The molecule has 112 valence electrons. The molecule has 0 radical (unpaired) electrons. The summed E-state index contributed by atoms with van der Waals surface area (Å²) in [7, 11) is 1.57. The van der Waals surface area contributed by atoms with Gasteiger partial charge in [-0.25, -0.2) is 9.48 Å². The van der Waals surface area contributed by atoms with Crippen LogP contribution in [0.5, 0.6) is 5.75 Å².